The molecule has 2 nitrogen and oxygen atoms in total. The van der Waals surface area contributed by atoms with E-state index in [9.17, 15) is 0 Å². The quantitative estimate of drug-likeness (QED) is 0.725. The molecule has 0 saturated heterocycles. The largest absolute Gasteiger partial charge is 0.232 e. The predicted octanol–water partition coefficient (Wildman–Crippen LogP) is 5.13. The third-order valence-corrected chi connectivity index (χ3v) is 4.18. The summed E-state index contributed by atoms with van der Waals surface area (Å²) in [6.45, 7) is 6.27. The van der Waals surface area contributed by atoms with Crippen LogP contribution < -0.4 is 0 Å². The fourth-order valence-corrected chi connectivity index (χ4v) is 2.66. The van der Waals surface area contributed by atoms with E-state index in [0.29, 0.717) is 11.0 Å². The van der Waals surface area contributed by atoms with E-state index >= 15 is 0 Å². The van der Waals surface area contributed by atoms with Gasteiger partial charge in [-0.15, -0.1) is 0 Å². The fraction of sp³-hybridized carbons (Fsp3) is 0.333. The third kappa shape index (κ3) is 3.34. The Kier molecular flexibility index (Phi) is 4.58. The highest BCUT2D eigenvalue weighted by Gasteiger charge is 2.12. The molecule has 0 amide bonds. The fourth-order valence-electron chi connectivity index (χ4n) is 2.10. The van der Waals surface area contributed by atoms with Gasteiger partial charge in [-0.25, -0.2) is 9.97 Å². The Labute approximate surface area is 127 Å². The highest BCUT2D eigenvalue weighted by Crippen LogP contribution is 2.28. The molecule has 4 heteroatoms. The topological polar surface area (TPSA) is 25.8 Å². The number of rotatable bonds is 3. The summed E-state index contributed by atoms with van der Waals surface area (Å²) in [5.41, 5.74) is 4.39. The van der Waals surface area contributed by atoms with E-state index in [0.717, 1.165) is 28.6 Å². The van der Waals surface area contributed by atoms with Gasteiger partial charge in [-0.2, -0.15) is 0 Å². The first-order valence-electron chi connectivity index (χ1n) is 6.32. The number of hydrogen-bond donors (Lipinski definition) is 0. The van der Waals surface area contributed by atoms with Gasteiger partial charge in [0.15, 0.2) is 5.82 Å². The molecule has 0 aliphatic rings. The molecule has 19 heavy (non-hydrogen) atoms. The molecule has 0 atom stereocenters. The Bertz CT molecular complexity index is 591. The van der Waals surface area contributed by atoms with Gasteiger partial charge in [-0.1, -0.05) is 42.1 Å². The summed E-state index contributed by atoms with van der Waals surface area (Å²) in [4.78, 5) is 9.01. The average molecular weight is 340 g/mol. The average Bonchev–Trinajstić information content (AvgIpc) is 2.33. The standard InChI is InChI=1S/C15H16BrClN2/c1-4-5-12-13(16)14(17)19-15(18-12)11-7-9(2)6-10(3)8-11/h6-8H,4-5H2,1-3H3. The second-order valence-electron chi connectivity index (χ2n) is 4.73. The van der Waals surface area contributed by atoms with Crippen LogP contribution in [0.1, 0.15) is 30.2 Å². The molecule has 1 aromatic carbocycles. The van der Waals surface area contributed by atoms with Crippen molar-refractivity contribution in [1.29, 1.82) is 0 Å². The lowest BCUT2D eigenvalue weighted by atomic mass is 10.1. The van der Waals surface area contributed by atoms with Gasteiger partial charge in [0.1, 0.15) is 5.15 Å². The summed E-state index contributed by atoms with van der Waals surface area (Å²) in [5.74, 6) is 0.698. The van der Waals surface area contributed by atoms with E-state index < -0.39 is 0 Å². The van der Waals surface area contributed by atoms with Crippen LogP contribution >= 0.6 is 27.5 Å². The minimum Gasteiger partial charge on any atom is -0.232 e. The Morgan fingerprint density at radius 3 is 2.32 bits per heavy atom. The second-order valence-corrected chi connectivity index (χ2v) is 5.88. The number of hydrogen-bond acceptors (Lipinski definition) is 2. The monoisotopic (exact) mass is 338 g/mol. The van der Waals surface area contributed by atoms with Crippen molar-refractivity contribution in [2.45, 2.75) is 33.6 Å². The maximum atomic E-state index is 6.19. The highest BCUT2D eigenvalue weighted by atomic mass is 79.9. The van der Waals surface area contributed by atoms with Gasteiger partial charge in [0.25, 0.3) is 0 Å². The minimum atomic E-state index is 0.479. The van der Waals surface area contributed by atoms with Gasteiger partial charge in [0.2, 0.25) is 0 Å². The van der Waals surface area contributed by atoms with Crippen molar-refractivity contribution in [2.75, 3.05) is 0 Å². The number of nitrogens with zero attached hydrogens (tertiary/aromatic N) is 2. The van der Waals surface area contributed by atoms with Gasteiger partial charge in [-0.3, -0.25) is 0 Å². The van der Waals surface area contributed by atoms with Gasteiger partial charge < -0.3 is 0 Å². The smallest absolute Gasteiger partial charge is 0.161 e. The molecule has 0 fully saturated rings. The molecule has 100 valence electrons. The first kappa shape index (κ1) is 14.5. The van der Waals surface area contributed by atoms with E-state index in [-0.39, 0.29) is 0 Å². The van der Waals surface area contributed by atoms with Gasteiger partial charge in [-0.05, 0) is 48.3 Å². The molecule has 0 saturated carbocycles. The van der Waals surface area contributed by atoms with Crippen LogP contribution in [0, 0.1) is 13.8 Å². The van der Waals surface area contributed by atoms with E-state index in [1.165, 1.54) is 11.1 Å². The minimum absolute atomic E-state index is 0.479. The van der Waals surface area contributed by atoms with Crippen molar-refractivity contribution >= 4 is 27.5 Å². The van der Waals surface area contributed by atoms with Crippen molar-refractivity contribution in [3.63, 3.8) is 0 Å². The SMILES string of the molecule is CCCc1nc(-c2cc(C)cc(C)c2)nc(Cl)c1Br. The van der Waals surface area contributed by atoms with E-state index in [1.54, 1.807) is 0 Å². The lowest BCUT2D eigenvalue weighted by molar-refractivity contribution is 0.868. The summed E-state index contributed by atoms with van der Waals surface area (Å²) >= 11 is 9.65. The first-order chi connectivity index (χ1) is 9.01. The molecular formula is C15H16BrClN2. The van der Waals surface area contributed by atoms with Crippen LogP contribution in [0.15, 0.2) is 22.7 Å². The van der Waals surface area contributed by atoms with Crippen LogP contribution in [0.2, 0.25) is 5.15 Å². The van der Waals surface area contributed by atoms with Crippen molar-refractivity contribution in [3.8, 4) is 11.4 Å². The molecular weight excluding hydrogens is 324 g/mol. The van der Waals surface area contributed by atoms with E-state index in [4.69, 9.17) is 11.6 Å². The number of aryl methyl sites for hydroxylation is 3. The summed E-state index contributed by atoms with van der Waals surface area (Å²) in [5, 5.41) is 0.479. The Balaban J connectivity index is 2.55. The number of halogens is 2. The molecule has 0 aliphatic heterocycles. The molecule has 0 N–H and O–H groups in total. The predicted molar refractivity (Wildman–Crippen MR) is 83.6 cm³/mol. The third-order valence-electron chi connectivity index (χ3n) is 2.85. The normalized spacial score (nSPS) is 10.8. The first-order valence-corrected chi connectivity index (χ1v) is 7.49. The van der Waals surface area contributed by atoms with Gasteiger partial charge >= 0.3 is 0 Å². The van der Waals surface area contributed by atoms with Crippen molar-refractivity contribution in [2.24, 2.45) is 0 Å². The Morgan fingerprint density at radius 1 is 1.11 bits per heavy atom. The lowest BCUT2D eigenvalue weighted by Crippen LogP contribution is -1.99. The zero-order chi connectivity index (χ0) is 14.0. The van der Waals surface area contributed by atoms with E-state index in [2.05, 4.69) is 64.9 Å². The molecule has 0 aliphatic carbocycles. The highest BCUT2D eigenvalue weighted by molar-refractivity contribution is 9.10. The maximum absolute atomic E-state index is 6.19. The van der Waals surface area contributed by atoms with Crippen LogP contribution in [-0.2, 0) is 6.42 Å². The summed E-state index contributed by atoms with van der Waals surface area (Å²) in [6.07, 6.45) is 1.92. The van der Waals surface area contributed by atoms with Gasteiger partial charge in [0, 0.05) is 5.56 Å². The lowest BCUT2D eigenvalue weighted by Gasteiger charge is -2.09. The molecule has 1 aromatic heterocycles. The number of aromatic nitrogens is 2. The Hall–Kier alpha value is -0.930. The number of benzene rings is 1. The molecule has 0 radical (unpaired) electrons. The van der Waals surface area contributed by atoms with Crippen molar-refractivity contribution in [3.05, 3.63) is 44.6 Å². The summed E-state index contributed by atoms with van der Waals surface area (Å²) in [7, 11) is 0. The molecule has 2 aromatic rings. The molecule has 0 bridgehead atoms. The van der Waals surface area contributed by atoms with Crippen molar-refractivity contribution in [1.82, 2.24) is 9.97 Å². The maximum Gasteiger partial charge on any atom is 0.161 e. The molecule has 1 heterocycles. The van der Waals surface area contributed by atoms with Crippen LogP contribution in [0.4, 0.5) is 0 Å². The molecule has 0 spiro atoms. The van der Waals surface area contributed by atoms with Crippen LogP contribution in [0.3, 0.4) is 0 Å². The molecule has 0 unspecified atom stereocenters. The summed E-state index contributed by atoms with van der Waals surface area (Å²) < 4.78 is 0.809. The Morgan fingerprint density at radius 2 is 1.74 bits per heavy atom. The van der Waals surface area contributed by atoms with Crippen molar-refractivity contribution < 1.29 is 0 Å². The zero-order valence-electron chi connectivity index (χ0n) is 11.3. The second kappa shape index (κ2) is 6.02. The van der Waals surface area contributed by atoms with Crippen LogP contribution in [-0.4, -0.2) is 9.97 Å². The molecule has 2 rings (SSSR count). The van der Waals surface area contributed by atoms with E-state index in [1.807, 2.05) is 0 Å². The summed E-state index contributed by atoms with van der Waals surface area (Å²) in [6, 6.07) is 6.31. The van der Waals surface area contributed by atoms with Gasteiger partial charge in [0.05, 0.1) is 10.2 Å². The zero-order valence-corrected chi connectivity index (χ0v) is 13.6. The van der Waals surface area contributed by atoms with Crippen LogP contribution in [0.25, 0.3) is 11.4 Å². The van der Waals surface area contributed by atoms with Crippen LogP contribution in [0.5, 0.6) is 0 Å².